The Kier molecular flexibility index (Phi) is 5.61. The van der Waals surface area contributed by atoms with Crippen molar-refractivity contribution in [2.75, 3.05) is 7.11 Å². The summed E-state index contributed by atoms with van der Waals surface area (Å²) in [5.41, 5.74) is 0.933. The SMILES string of the molecule is CC[C@@H](NS(=O)(=O)c1ccc(OC)cc1)c1ccc(Br)cc1. The van der Waals surface area contributed by atoms with Crippen LogP contribution in [0.5, 0.6) is 5.75 Å². The van der Waals surface area contributed by atoms with Crippen LogP contribution in [-0.2, 0) is 10.0 Å². The molecule has 0 spiro atoms. The first-order chi connectivity index (χ1) is 10.5. The Morgan fingerprint density at radius 3 is 2.18 bits per heavy atom. The second-order valence-electron chi connectivity index (χ2n) is 4.81. The number of hydrogen-bond acceptors (Lipinski definition) is 3. The highest BCUT2D eigenvalue weighted by Gasteiger charge is 2.20. The summed E-state index contributed by atoms with van der Waals surface area (Å²) in [6.07, 6.45) is 0.664. The minimum atomic E-state index is -3.57. The number of ether oxygens (including phenoxy) is 1. The van der Waals surface area contributed by atoms with E-state index in [1.807, 2.05) is 31.2 Å². The molecule has 0 aliphatic carbocycles. The number of nitrogens with one attached hydrogen (secondary N) is 1. The highest BCUT2D eigenvalue weighted by Crippen LogP contribution is 2.23. The smallest absolute Gasteiger partial charge is 0.241 e. The maximum atomic E-state index is 12.5. The lowest BCUT2D eigenvalue weighted by molar-refractivity contribution is 0.414. The van der Waals surface area contributed by atoms with Gasteiger partial charge >= 0.3 is 0 Å². The lowest BCUT2D eigenvalue weighted by Gasteiger charge is -2.18. The maximum absolute atomic E-state index is 12.5. The number of hydrogen-bond donors (Lipinski definition) is 1. The van der Waals surface area contributed by atoms with E-state index in [1.54, 1.807) is 19.2 Å². The van der Waals surface area contributed by atoms with Crippen LogP contribution in [0.4, 0.5) is 0 Å². The van der Waals surface area contributed by atoms with Gasteiger partial charge in [0.25, 0.3) is 0 Å². The first-order valence-electron chi connectivity index (χ1n) is 6.88. The summed E-state index contributed by atoms with van der Waals surface area (Å²) < 4.78 is 33.7. The van der Waals surface area contributed by atoms with Gasteiger partial charge in [0.15, 0.2) is 0 Å². The van der Waals surface area contributed by atoms with Gasteiger partial charge in [-0.15, -0.1) is 0 Å². The standard InChI is InChI=1S/C16H18BrNO3S/c1-3-16(12-4-6-13(17)7-5-12)18-22(19,20)15-10-8-14(21-2)9-11-15/h4-11,16,18H,3H2,1-2H3/t16-/m1/s1. The minimum Gasteiger partial charge on any atom is -0.497 e. The maximum Gasteiger partial charge on any atom is 0.241 e. The molecular formula is C16H18BrNO3S. The van der Waals surface area contributed by atoms with Gasteiger partial charge in [-0.05, 0) is 48.4 Å². The molecule has 0 aliphatic heterocycles. The summed E-state index contributed by atoms with van der Waals surface area (Å²) in [5, 5.41) is 0. The zero-order chi connectivity index (χ0) is 16.2. The van der Waals surface area contributed by atoms with Gasteiger partial charge in [-0.3, -0.25) is 0 Å². The molecule has 6 heteroatoms. The molecule has 22 heavy (non-hydrogen) atoms. The van der Waals surface area contributed by atoms with E-state index >= 15 is 0 Å². The number of rotatable bonds is 6. The van der Waals surface area contributed by atoms with Crippen molar-refractivity contribution in [3.8, 4) is 5.75 Å². The van der Waals surface area contributed by atoms with Crippen LogP contribution in [0.2, 0.25) is 0 Å². The van der Waals surface area contributed by atoms with E-state index in [4.69, 9.17) is 4.74 Å². The van der Waals surface area contributed by atoms with Crippen molar-refractivity contribution in [3.05, 3.63) is 58.6 Å². The third-order valence-electron chi connectivity index (χ3n) is 3.35. The molecule has 0 aliphatic rings. The minimum absolute atomic E-state index is 0.226. The summed E-state index contributed by atoms with van der Waals surface area (Å²) in [6.45, 7) is 1.95. The topological polar surface area (TPSA) is 55.4 Å². The van der Waals surface area contributed by atoms with Crippen LogP contribution >= 0.6 is 15.9 Å². The van der Waals surface area contributed by atoms with Crippen molar-refractivity contribution >= 4 is 26.0 Å². The van der Waals surface area contributed by atoms with Gasteiger partial charge in [0.1, 0.15) is 5.75 Å². The molecule has 2 rings (SSSR count). The molecule has 2 aromatic rings. The second-order valence-corrected chi connectivity index (χ2v) is 7.44. The van der Waals surface area contributed by atoms with E-state index < -0.39 is 10.0 Å². The molecule has 1 N–H and O–H groups in total. The van der Waals surface area contributed by atoms with Crippen molar-refractivity contribution in [2.24, 2.45) is 0 Å². The molecule has 1 atom stereocenters. The number of halogens is 1. The molecular weight excluding hydrogens is 366 g/mol. The van der Waals surface area contributed by atoms with Crippen molar-refractivity contribution in [1.29, 1.82) is 0 Å². The van der Waals surface area contributed by atoms with E-state index in [-0.39, 0.29) is 10.9 Å². The lowest BCUT2D eigenvalue weighted by Crippen LogP contribution is -2.28. The van der Waals surface area contributed by atoms with Crippen molar-refractivity contribution in [3.63, 3.8) is 0 Å². The highest BCUT2D eigenvalue weighted by molar-refractivity contribution is 9.10. The first kappa shape index (κ1) is 17.0. The Balaban J connectivity index is 2.23. The van der Waals surface area contributed by atoms with Crippen LogP contribution in [0.15, 0.2) is 57.9 Å². The van der Waals surface area contributed by atoms with Crippen LogP contribution in [0, 0.1) is 0 Å². The first-order valence-corrected chi connectivity index (χ1v) is 9.15. The Morgan fingerprint density at radius 1 is 1.09 bits per heavy atom. The van der Waals surface area contributed by atoms with E-state index in [0.717, 1.165) is 10.0 Å². The van der Waals surface area contributed by atoms with Gasteiger partial charge < -0.3 is 4.74 Å². The van der Waals surface area contributed by atoms with Crippen LogP contribution in [0.3, 0.4) is 0 Å². The third kappa shape index (κ3) is 4.09. The molecule has 4 nitrogen and oxygen atoms in total. The van der Waals surface area contributed by atoms with Gasteiger partial charge in [0, 0.05) is 10.5 Å². The fourth-order valence-electron chi connectivity index (χ4n) is 2.09. The van der Waals surface area contributed by atoms with Gasteiger partial charge in [0.05, 0.1) is 12.0 Å². The Morgan fingerprint density at radius 2 is 1.68 bits per heavy atom. The molecule has 2 aromatic carbocycles. The van der Waals surface area contributed by atoms with Gasteiger partial charge in [0.2, 0.25) is 10.0 Å². The monoisotopic (exact) mass is 383 g/mol. The van der Waals surface area contributed by atoms with Crippen LogP contribution < -0.4 is 9.46 Å². The number of methoxy groups -OCH3 is 1. The van der Waals surface area contributed by atoms with Crippen LogP contribution in [-0.4, -0.2) is 15.5 Å². The fraction of sp³-hybridized carbons (Fsp3) is 0.250. The van der Waals surface area contributed by atoms with E-state index in [9.17, 15) is 8.42 Å². The molecule has 0 radical (unpaired) electrons. The van der Waals surface area contributed by atoms with E-state index in [1.165, 1.54) is 12.1 Å². The molecule has 0 saturated heterocycles. The molecule has 0 fully saturated rings. The predicted molar refractivity (Wildman–Crippen MR) is 90.5 cm³/mol. The molecule has 0 saturated carbocycles. The Hall–Kier alpha value is -1.37. The number of benzene rings is 2. The van der Waals surface area contributed by atoms with Crippen molar-refractivity contribution in [2.45, 2.75) is 24.3 Å². The third-order valence-corrected chi connectivity index (χ3v) is 5.36. The average Bonchev–Trinajstić information content (AvgIpc) is 2.53. The van der Waals surface area contributed by atoms with E-state index in [0.29, 0.717) is 12.2 Å². The average molecular weight is 384 g/mol. The normalized spacial score (nSPS) is 12.9. The molecule has 0 amide bonds. The summed E-state index contributed by atoms with van der Waals surface area (Å²) in [7, 11) is -2.03. The lowest BCUT2D eigenvalue weighted by atomic mass is 10.1. The molecule has 0 aromatic heterocycles. The zero-order valence-corrected chi connectivity index (χ0v) is 14.8. The predicted octanol–water partition coefficient (Wildman–Crippen LogP) is 3.89. The zero-order valence-electron chi connectivity index (χ0n) is 12.4. The molecule has 0 bridgehead atoms. The summed E-state index contributed by atoms with van der Waals surface area (Å²) in [5.74, 6) is 0.624. The molecule has 0 heterocycles. The van der Waals surface area contributed by atoms with Gasteiger partial charge in [-0.1, -0.05) is 35.0 Å². The summed E-state index contributed by atoms with van der Waals surface area (Å²) in [6, 6.07) is 13.7. The molecule has 0 unspecified atom stereocenters. The van der Waals surface area contributed by atoms with Crippen molar-refractivity contribution < 1.29 is 13.2 Å². The molecule has 118 valence electrons. The largest absolute Gasteiger partial charge is 0.497 e. The summed E-state index contributed by atoms with van der Waals surface area (Å²) in [4.78, 5) is 0.226. The second kappa shape index (κ2) is 7.26. The quantitative estimate of drug-likeness (QED) is 0.822. The summed E-state index contributed by atoms with van der Waals surface area (Å²) >= 11 is 3.38. The van der Waals surface area contributed by atoms with Crippen LogP contribution in [0.1, 0.15) is 24.9 Å². The van der Waals surface area contributed by atoms with Crippen LogP contribution in [0.25, 0.3) is 0 Å². The van der Waals surface area contributed by atoms with Crippen molar-refractivity contribution in [1.82, 2.24) is 4.72 Å². The highest BCUT2D eigenvalue weighted by atomic mass is 79.9. The Labute approximate surface area is 139 Å². The fourth-order valence-corrected chi connectivity index (χ4v) is 3.66. The van der Waals surface area contributed by atoms with E-state index in [2.05, 4.69) is 20.7 Å². The Bertz CT molecular complexity index is 712. The van der Waals surface area contributed by atoms with Gasteiger partial charge in [-0.25, -0.2) is 13.1 Å². The number of sulfonamides is 1. The van der Waals surface area contributed by atoms with Gasteiger partial charge in [-0.2, -0.15) is 0 Å².